The molecule has 0 bridgehead atoms. The Morgan fingerprint density at radius 3 is 2.11 bits per heavy atom. The molecule has 0 heteroatoms. The second-order valence-electron chi connectivity index (χ2n) is 7.49. The van der Waals surface area contributed by atoms with Gasteiger partial charge in [0.25, 0.3) is 0 Å². The van der Waals surface area contributed by atoms with Crippen LogP contribution >= 0.6 is 0 Å². The zero-order valence-corrected chi connectivity index (χ0v) is 16.5. The Balaban J connectivity index is 1.54. The summed E-state index contributed by atoms with van der Waals surface area (Å²) in [6.45, 7) is 2.27. The molecule has 0 saturated heterocycles. The minimum Gasteiger partial charge on any atom is -0.115 e. The first-order chi connectivity index (χ1) is 13.3. The van der Waals surface area contributed by atoms with E-state index < -0.39 is 0 Å². The molecule has 3 aromatic carbocycles. The SMILES string of the molecule is C#Cc1cccc2cc(CCc3ccc(CCCCCCC)cc3)ccc12. The number of terminal acetylenes is 1. The summed E-state index contributed by atoms with van der Waals surface area (Å²) in [5.74, 6) is 2.78. The Labute approximate surface area is 164 Å². The van der Waals surface area contributed by atoms with Crippen LogP contribution in [-0.4, -0.2) is 0 Å². The second-order valence-corrected chi connectivity index (χ2v) is 7.49. The lowest BCUT2D eigenvalue weighted by atomic mass is 9.98. The maximum Gasteiger partial charge on any atom is 0.0321 e. The van der Waals surface area contributed by atoms with Gasteiger partial charge in [-0.3, -0.25) is 0 Å². The monoisotopic (exact) mass is 354 g/mol. The quantitative estimate of drug-likeness (QED) is 0.283. The van der Waals surface area contributed by atoms with Gasteiger partial charge >= 0.3 is 0 Å². The number of rotatable bonds is 9. The average molecular weight is 355 g/mol. The summed E-state index contributed by atoms with van der Waals surface area (Å²) < 4.78 is 0. The molecule has 138 valence electrons. The highest BCUT2D eigenvalue weighted by atomic mass is 14.1. The van der Waals surface area contributed by atoms with Gasteiger partial charge in [0, 0.05) is 5.56 Å². The largest absolute Gasteiger partial charge is 0.115 e. The predicted octanol–water partition coefficient (Wildman–Crippen LogP) is 7.12. The fourth-order valence-electron chi connectivity index (χ4n) is 3.71. The minimum atomic E-state index is 0.976. The number of aryl methyl sites for hydroxylation is 3. The standard InChI is InChI=1S/C27H30/c1-3-5-6-7-8-10-22-13-15-23(16-14-22)17-18-24-19-20-27-25(4-2)11-9-12-26(27)21-24/h2,9,11-16,19-21H,3,5-8,10,17-18H2,1H3. The molecule has 0 heterocycles. The van der Waals surface area contributed by atoms with Crippen LogP contribution in [-0.2, 0) is 19.3 Å². The van der Waals surface area contributed by atoms with Crippen molar-refractivity contribution in [3.05, 3.63) is 82.9 Å². The lowest BCUT2D eigenvalue weighted by Crippen LogP contribution is -1.93. The average Bonchev–Trinajstić information content (AvgIpc) is 2.72. The normalized spacial score (nSPS) is 10.8. The van der Waals surface area contributed by atoms with Crippen molar-refractivity contribution in [2.75, 3.05) is 0 Å². The molecule has 0 saturated carbocycles. The van der Waals surface area contributed by atoms with Crippen molar-refractivity contribution in [2.24, 2.45) is 0 Å². The Hall–Kier alpha value is -2.52. The van der Waals surface area contributed by atoms with E-state index in [9.17, 15) is 0 Å². The van der Waals surface area contributed by atoms with Gasteiger partial charge in [-0.15, -0.1) is 6.42 Å². The van der Waals surface area contributed by atoms with Crippen LogP contribution in [0.5, 0.6) is 0 Å². The molecule has 3 aromatic rings. The van der Waals surface area contributed by atoms with Crippen LogP contribution in [0.2, 0.25) is 0 Å². The van der Waals surface area contributed by atoms with Crippen LogP contribution in [0, 0.1) is 12.3 Å². The molecule has 0 nitrogen and oxygen atoms in total. The zero-order chi connectivity index (χ0) is 18.9. The van der Waals surface area contributed by atoms with Gasteiger partial charge in [-0.2, -0.15) is 0 Å². The van der Waals surface area contributed by atoms with E-state index >= 15 is 0 Å². The van der Waals surface area contributed by atoms with Crippen molar-refractivity contribution >= 4 is 10.8 Å². The van der Waals surface area contributed by atoms with Crippen LogP contribution in [0.1, 0.15) is 61.3 Å². The number of unbranched alkanes of at least 4 members (excludes halogenated alkanes) is 4. The Morgan fingerprint density at radius 1 is 0.704 bits per heavy atom. The highest BCUT2D eigenvalue weighted by molar-refractivity contribution is 5.88. The molecule has 0 aliphatic heterocycles. The van der Waals surface area contributed by atoms with Gasteiger partial charge in [0.15, 0.2) is 0 Å². The lowest BCUT2D eigenvalue weighted by Gasteiger charge is -2.07. The number of hydrogen-bond donors (Lipinski definition) is 0. The first-order valence-electron chi connectivity index (χ1n) is 10.4. The molecular formula is C27H30. The van der Waals surface area contributed by atoms with Crippen molar-refractivity contribution in [3.8, 4) is 12.3 Å². The van der Waals surface area contributed by atoms with E-state index in [0.29, 0.717) is 0 Å². The van der Waals surface area contributed by atoms with Gasteiger partial charge < -0.3 is 0 Å². The van der Waals surface area contributed by atoms with Gasteiger partial charge in [0.2, 0.25) is 0 Å². The third-order valence-corrected chi connectivity index (χ3v) is 5.39. The van der Waals surface area contributed by atoms with E-state index in [2.05, 4.69) is 61.4 Å². The van der Waals surface area contributed by atoms with Gasteiger partial charge in [0.1, 0.15) is 0 Å². The molecule has 0 fully saturated rings. The summed E-state index contributed by atoms with van der Waals surface area (Å²) in [6.07, 6.45) is 15.7. The molecule has 0 aromatic heterocycles. The first-order valence-corrected chi connectivity index (χ1v) is 10.4. The molecule has 0 spiro atoms. The summed E-state index contributed by atoms with van der Waals surface area (Å²) in [5, 5.41) is 2.41. The molecular weight excluding hydrogens is 324 g/mol. The fraction of sp³-hybridized carbons (Fsp3) is 0.333. The Morgan fingerprint density at radius 2 is 1.37 bits per heavy atom. The maximum absolute atomic E-state index is 5.60. The highest BCUT2D eigenvalue weighted by Crippen LogP contribution is 2.21. The van der Waals surface area contributed by atoms with Crippen LogP contribution < -0.4 is 0 Å². The van der Waals surface area contributed by atoms with Crippen LogP contribution in [0.25, 0.3) is 10.8 Å². The predicted molar refractivity (Wildman–Crippen MR) is 118 cm³/mol. The zero-order valence-electron chi connectivity index (χ0n) is 16.5. The minimum absolute atomic E-state index is 0.976. The highest BCUT2D eigenvalue weighted by Gasteiger charge is 2.02. The maximum atomic E-state index is 5.60. The number of hydrogen-bond acceptors (Lipinski definition) is 0. The van der Waals surface area contributed by atoms with E-state index in [-0.39, 0.29) is 0 Å². The van der Waals surface area contributed by atoms with E-state index in [1.54, 1.807) is 0 Å². The smallest absolute Gasteiger partial charge is 0.0321 e. The Bertz CT molecular complexity index is 893. The van der Waals surface area contributed by atoms with Crippen LogP contribution in [0.3, 0.4) is 0 Å². The summed E-state index contributed by atoms with van der Waals surface area (Å²) in [6, 6.07) is 22.1. The van der Waals surface area contributed by atoms with Crippen molar-refractivity contribution < 1.29 is 0 Å². The van der Waals surface area contributed by atoms with Gasteiger partial charge in [-0.1, -0.05) is 93.1 Å². The molecule has 0 radical (unpaired) electrons. The van der Waals surface area contributed by atoms with Gasteiger partial charge in [-0.25, -0.2) is 0 Å². The topological polar surface area (TPSA) is 0 Å². The second kappa shape index (κ2) is 9.98. The van der Waals surface area contributed by atoms with E-state index in [1.807, 2.05) is 12.1 Å². The van der Waals surface area contributed by atoms with Crippen molar-refractivity contribution in [1.29, 1.82) is 0 Å². The molecule has 0 unspecified atom stereocenters. The van der Waals surface area contributed by atoms with Crippen molar-refractivity contribution in [1.82, 2.24) is 0 Å². The fourth-order valence-corrected chi connectivity index (χ4v) is 3.71. The summed E-state index contributed by atoms with van der Waals surface area (Å²) in [4.78, 5) is 0. The van der Waals surface area contributed by atoms with E-state index in [4.69, 9.17) is 6.42 Å². The first kappa shape index (κ1) is 19.2. The van der Waals surface area contributed by atoms with Crippen LogP contribution in [0.15, 0.2) is 60.7 Å². The Kier molecular flexibility index (Phi) is 7.11. The number of benzene rings is 3. The van der Waals surface area contributed by atoms with Crippen molar-refractivity contribution in [2.45, 2.75) is 58.3 Å². The third-order valence-electron chi connectivity index (χ3n) is 5.39. The molecule has 0 atom stereocenters. The molecule has 27 heavy (non-hydrogen) atoms. The van der Waals surface area contributed by atoms with Crippen molar-refractivity contribution in [3.63, 3.8) is 0 Å². The third kappa shape index (κ3) is 5.48. The molecule has 0 aliphatic rings. The van der Waals surface area contributed by atoms with E-state index in [0.717, 1.165) is 18.4 Å². The summed E-state index contributed by atoms with van der Waals surface area (Å²) >= 11 is 0. The molecule has 0 aliphatic carbocycles. The van der Waals surface area contributed by atoms with Gasteiger partial charge in [0.05, 0.1) is 0 Å². The summed E-state index contributed by atoms with van der Waals surface area (Å²) in [7, 11) is 0. The van der Waals surface area contributed by atoms with Crippen LogP contribution in [0.4, 0.5) is 0 Å². The lowest BCUT2D eigenvalue weighted by molar-refractivity contribution is 0.632. The molecule has 0 N–H and O–H groups in total. The summed E-state index contributed by atoms with van der Waals surface area (Å²) in [5.41, 5.74) is 5.24. The number of fused-ring (bicyclic) bond motifs is 1. The molecule has 0 amide bonds. The van der Waals surface area contributed by atoms with Gasteiger partial charge in [-0.05, 0) is 59.2 Å². The molecule has 3 rings (SSSR count). The van der Waals surface area contributed by atoms with E-state index in [1.165, 1.54) is 66.0 Å².